The molecule has 0 spiro atoms. The van der Waals surface area contributed by atoms with Gasteiger partial charge in [-0.15, -0.1) is 11.3 Å². The second-order valence-corrected chi connectivity index (χ2v) is 6.65. The van der Waals surface area contributed by atoms with Crippen molar-refractivity contribution in [2.45, 2.75) is 53.2 Å². The summed E-state index contributed by atoms with van der Waals surface area (Å²) in [6.45, 7) is 11.1. The Morgan fingerprint density at radius 3 is 2.90 bits per heavy atom. The fourth-order valence-corrected chi connectivity index (χ4v) is 3.09. The molecule has 0 amide bonds. The Morgan fingerprint density at radius 1 is 1.35 bits per heavy atom. The van der Waals surface area contributed by atoms with Crippen LogP contribution in [0, 0.1) is 13.8 Å². The van der Waals surface area contributed by atoms with Crippen molar-refractivity contribution >= 4 is 16.3 Å². The molecule has 0 aromatic carbocycles. The first-order valence-corrected chi connectivity index (χ1v) is 8.16. The quantitative estimate of drug-likeness (QED) is 0.759. The van der Waals surface area contributed by atoms with E-state index in [1.54, 1.807) is 11.3 Å². The van der Waals surface area contributed by atoms with E-state index in [4.69, 9.17) is 4.74 Å². The SMILES string of the molecule is Cc1cn2c(CNCCCCOC(C)C)c(C)nc2s1. The largest absolute Gasteiger partial charge is 0.379 e. The summed E-state index contributed by atoms with van der Waals surface area (Å²) in [6, 6.07) is 0. The maximum atomic E-state index is 5.53. The van der Waals surface area contributed by atoms with Crippen molar-refractivity contribution in [1.29, 1.82) is 0 Å². The number of aromatic nitrogens is 2. The topological polar surface area (TPSA) is 38.6 Å². The van der Waals surface area contributed by atoms with Crippen molar-refractivity contribution < 1.29 is 4.74 Å². The Hall–Kier alpha value is -0.910. The summed E-state index contributed by atoms with van der Waals surface area (Å²) in [7, 11) is 0. The van der Waals surface area contributed by atoms with Crippen LogP contribution in [0.25, 0.3) is 4.96 Å². The molecule has 0 saturated heterocycles. The Morgan fingerprint density at radius 2 is 2.15 bits per heavy atom. The molecule has 2 heterocycles. The maximum absolute atomic E-state index is 5.53. The monoisotopic (exact) mass is 295 g/mol. The van der Waals surface area contributed by atoms with Crippen LogP contribution >= 0.6 is 11.3 Å². The number of unbranched alkanes of at least 4 members (excludes halogenated alkanes) is 1. The van der Waals surface area contributed by atoms with Crippen LogP contribution in [0.15, 0.2) is 6.20 Å². The molecule has 0 saturated carbocycles. The van der Waals surface area contributed by atoms with E-state index in [2.05, 4.69) is 48.6 Å². The fraction of sp³-hybridized carbons (Fsp3) is 0.667. The number of hydrogen-bond donors (Lipinski definition) is 1. The molecule has 0 unspecified atom stereocenters. The summed E-state index contributed by atoms with van der Waals surface area (Å²) in [6.07, 6.45) is 4.78. The number of nitrogens with zero attached hydrogens (tertiary/aromatic N) is 2. The van der Waals surface area contributed by atoms with Crippen LogP contribution in [0.4, 0.5) is 0 Å². The van der Waals surface area contributed by atoms with E-state index in [1.807, 2.05) is 0 Å². The summed E-state index contributed by atoms with van der Waals surface area (Å²) in [4.78, 5) is 7.01. The summed E-state index contributed by atoms with van der Waals surface area (Å²) < 4.78 is 7.75. The third-order valence-corrected chi connectivity index (χ3v) is 4.13. The molecular formula is C15H25N3OS. The van der Waals surface area contributed by atoms with Crippen LogP contribution < -0.4 is 5.32 Å². The van der Waals surface area contributed by atoms with Crippen molar-refractivity contribution in [3.8, 4) is 0 Å². The van der Waals surface area contributed by atoms with E-state index in [0.717, 1.165) is 43.2 Å². The molecule has 0 fully saturated rings. The van der Waals surface area contributed by atoms with Gasteiger partial charge in [0.2, 0.25) is 0 Å². The zero-order chi connectivity index (χ0) is 14.5. The van der Waals surface area contributed by atoms with Gasteiger partial charge in [0.25, 0.3) is 0 Å². The normalized spacial score (nSPS) is 11.8. The molecule has 0 radical (unpaired) electrons. The van der Waals surface area contributed by atoms with Crippen molar-refractivity contribution in [2.75, 3.05) is 13.2 Å². The third kappa shape index (κ3) is 4.04. The van der Waals surface area contributed by atoms with E-state index in [1.165, 1.54) is 10.6 Å². The van der Waals surface area contributed by atoms with Gasteiger partial charge in [0.05, 0.1) is 17.5 Å². The molecule has 4 nitrogen and oxygen atoms in total. The minimum Gasteiger partial charge on any atom is -0.379 e. The predicted octanol–water partition coefficient (Wildman–Crippen LogP) is 3.31. The first-order chi connectivity index (χ1) is 9.58. The summed E-state index contributed by atoms with van der Waals surface area (Å²) in [5.41, 5.74) is 2.41. The first kappa shape index (κ1) is 15.5. The minimum absolute atomic E-state index is 0.340. The third-order valence-electron chi connectivity index (χ3n) is 3.23. The molecule has 5 heteroatoms. The first-order valence-electron chi connectivity index (χ1n) is 7.34. The number of imidazole rings is 1. The zero-order valence-electron chi connectivity index (χ0n) is 12.9. The smallest absolute Gasteiger partial charge is 0.194 e. The lowest BCUT2D eigenvalue weighted by molar-refractivity contribution is 0.0760. The average Bonchev–Trinajstić information content (AvgIpc) is 2.84. The summed E-state index contributed by atoms with van der Waals surface area (Å²) >= 11 is 1.75. The fourth-order valence-electron chi connectivity index (χ4n) is 2.20. The van der Waals surface area contributed by atoms with Gasteiger partial charge in [0, 0.05) is 24.2 Å². The van der Waals surface area contributed by atoms with Crippen molar-refractivity contribution in [2.24, 2.45) is 0 Å². The number of thiazole rings is 1. The molecular weight excluding hydrogens is 270 g/mol. The highest BCUT2D eigenvalue weighted by molar-refractivity contribution is 7.17. The lowest BCUT2D eigenvalue weighted by Crippen LogP contribution is -2.17. The number of nitrogens with one attached hydrogen (secondary N) is 1. The van der Waals surface area contributed by atoms with Gasteiger partial charge in [0.15, 0.2) is 4.96 Å². The van der Waals surface area contributed by atoms with Crippen LogP contribution in [0.5, 0.6) is 0 Å². The van der Waals surface area contributed by atoms with Crippen LogP contribution in [0.2, 0.25) is 0 Å². The van der Waals surface area contributed by atoms with Gasteiger partial charge in [-0.1, -0.05) is 0 Å². The summed E-state index contributed by atoms with van der Waals surface area (Å²) in [5.74, 6) is 0. The number of fused-ring (bicyclic) bond motifs is 1. The van der Waals surface area contributed by atoms with E-state index in [-0.39, 0.29) is 0 Å². The number of rotatable bonds is 8. The van der Waals surface area contributed by atoms with Gasteiger partial charge in [-0.25, -0.2) is 4.98 Å². The minimum atomic E-state index is 0.340. The van der Waals surface area contributed by atoms with Crippen molar-refractivity contribution in [1.82, 2.24) is 14.7 Å². The van der Waals surface area contributed by atoms with E-state index < -0.39 is 0 Å². The standard InChI is InChI=1S/C15H25N3OS/c1-11(2)19-8-6-5-7-16-9-14-13(4)17-15-18(14)10-12(3)20-15/h10-11,16H,5-9H2,1-4H3. The molecule has 0 aliphatic heterocycles. The highest BCUT2D eigenvalue weighted by atomic mass is 32.1. The molecule has 20 heavy (non-hydrogen) atoms. The van der Waals surface area contributed by atoms with Crippen LogP contribution in [-0.4, -0.2) is 28.6 Å². The highest BCUT2D eigenvalue weighted by Gasteiger charge is 2.10. The number of hydrogen-bond acceptors (Lipinski definition) is 4. The highest BCUT2D eigenvalue weighted by Crippen LogP contribution is 2.20. The Balaban J connectivity index is 1.74. The van der Waals surface area contributed by atoms with E-state index in [0.29, 0.717) is 6.10 Å². The second-order valence-electron chi connectivity index (χ2n) is 5.44. The van der Waals surface area contributed by atoms with Gasteiger partial charge in [-0.2, -0.15) is 0 Å². The van der Waals surface area contributed by atoms with Gasteiger partial charge in [0.1, 0.15) is 0 Å². The summed E-state index contributed by atoms with van der Waals surface area (Å²) in [5, 5.41) is 3.51. The molecule has 0 aliphatic rings. The maximum Gasteiger partial charge on any atom is 0.194 e. The molecule has 1 N–H and O–H groups in total. The number of aryl methyl sites for hydroxylation is 2. The molecule has 0 atom stereocenters. The molecule has 112 valence electrons. The molecule has 0 aliphatic carbocycles. The van der Waals surface area contributed by atoms with Crippen molar-refractivity contribution in [3.63, 3.8) is 0 Å². The molecule has 2 rings (SSSR count). The predicted molar refractivity (Wildman–Crippen MR) is 84.6 cm³/mol. The van der Waals surface area contributed by atoms with E-state index in [9.17, 15) is 0 Å². The average molecular weight is 295 g/mol. The molecule has 0 bridgehead atoms. The Kier molecular flexibility index (Phi) is 5.57. The van der Waals surface area contributed by atoms with Crippen LogP contribution in [0.1, 0.15) is 43.0 Å². The van der Waals surface area contributed by atoms with Gasteiger partial charge < -0.3 is 10.1 Å². The lowest BCUT2D eigenvalue weighted by atomic mass is 10.3. The van der Waals surface area contributed by atoms with Gasteiger partial charge >= 0.3 is 0 Å². The number of ether oxygens (including phenoxy) is 1. The zero-order valence-corrected chi connectivity index (χ0v) is 13.7. The molecule has 2 aromatic rings. The Labute approximate surface area is 125 Å². The van der Waals surface area contributed by atoms with Crippen LogP contribution in [0.3, 0.4) is 0 Å². The van der Waals surface area contributed by atoms with Gasteiger partial charge in [-0.05, 0) is 47.1 Å². The second kappa shape index (κ2) is 7.20. The Bertz CT molecular complexity index is 545. The van der Waals surface area contributed by atoms with E-state index >= 15 is 0 Å². The molecule has 2 aromatic heterocycles. The lowest BCUT2D eigenvalue weighted by Gasteiger charge is -2.08. The van der Waals surface area contributed by atoms with Crippen LogP contribution in [-0.2, 0) is 11.3 Å². The van der Waals surface area contributed by atoms with Crippen molar-refractivity contribution in [3.05, 3.63) is 22.5 Å². The van der Waals surface area contributed by atoms with Gasteiger partial charge in [-0.3, -0.25) is 4.40 Å².